The molecule has 6 nitrogen and oxygen atoms in total. The maximum absolute atomic E-state index is 12.4. The SMILES string of the molecule is COc1ccc(CC(=O)Nc2ccc(N3CCC(C)CC3)cc2C(=O)O)cc1. The first-order valence-corrected chi connectivity index (χ1v) is 9.51. The number of benzene rings is 2. The molecule has 3 rings (SSSR count). The number of carboxylic acids is 1. The van der Waals surface area contributed by atoms with Gasteiger partial charge >= 0.3 is 5.97 Å². The molecule has 148 valence electrons. The first-order chi connectivity index (χ1) is 13.5. The van der Waals surface area contributed by atoms with Gasteiger partial charge in [0, 0.05) is 18.8 Å². The van der Waals surface area contributed by atoms with Crippen LogP contribution in [0.25, 0.3) is 0 Å². The van der Waals surface area contributed by atoms with E-state index >= 15 is 0 Å². The third-order valence-corrected chi connectivity index (χ3v) is 5.18. The molecular weight excluding hydrogens is 356 g/mol. The number of hydrogen-bond donors (Lipinski definition) is 2. The van der Waals surface area contributed by atoms with Gasteiger partial charge in [0.2, 0.25) is 5.91 Å². The molecule has 0 saturated carbocycles. The molecule has 2 aromatic carbocycles. The van der Waals surface area contributed by atoms with Crippen molar-refractivity contribution in [3.63, 3.8) is 0 Å². The smallest absolute Gasteiger partial charge is 0.337 e. The topological polar surface area (TPSA) is 78.9 Å². The van der Waals surface area contributed by atoms with Gasteiger partial charge in [-0.25, -0.2) is 4.79 Å². The van der Waals surface area contributed by atoms with E-state index in [-0.39, 0.29) is 17.9 Å². The number of carboxylic acid groups (broad SMARTS) is 1. The first-order valence-electron chi connectivity index (χ1n) is 9.51. The highest BCUT2D eigenvalue weighted by molar-refractivity contribution is 6.01. The highest BCUT2D eigenvalue weighted by Gasteiger charge is 2.19. The normalized spacial score (nSPS) is 14.6. The summed E-state index contributed by atoms with van der Waals surface area (Å²) in [5.74, 6) is 0.117. The molecule has 1 saturated heterocycles. The Morgan fingerprint density at radius 2 is 1.82 bits per heavy atom. The Hall–Kier alpha value is -3.02. The van der Waals surface area contributed by atoms with Gasteiger partial charge in [0.1, 0.15) is 5.75 Å². The summed E-state index contributed by atoms with van der Waals surface area (Å²) in [5.41, 5.74) is 2.14. The van der Waals surface area contributed by atoms with Gasteiger partial charge in [0.05, 0.1) is 24.8 Å². The van der Waals surface area contributed by atoms with E-state index in [1.54, 1.807) is 31.4 Å². The second-order valence-electron chi connectivity index (χ2n) is 7.28. The fourth-order valence-corrected chi connectivity index (χ4v) is 3.40. The van der Waals surface area contributed by atoms with Crippen LogP contribution >= 0.6 is 0 Å². The van der Waals surface area contributed by atoms with E-state index in [1.165, 1.54) is 0 Å². The average Bonchev–Trinajstić information content (AvgIpc) is 2.69. The third kappa shape index (κ3) is 4.82. The molecule has 0 bridgehead atoms. The lowest BCUT2D eigenvalue weighted by atomic mass is 9.98. The molecule has 1 heterocycles. The van der Waals surface area contributed by atoms with Crippen LogP contribution < -0.4 is 15.0 Å². The number of amides is 1. The Kier molecular flexibility index (Phi) is 6.19. The van der Waals surface area contributed by atoms with Crippen LogP contribution in [0.2, 0.25) is 0 Å². The summed E-state index contributed by atoms with van der Waals surface area (Å²) < 4.78 is 5.11. The number of rotatable bonds is 6. The van der Waals surface area contributed by atoms with E-state index in [0.717, 1.165) is 42.9 Å². The lowest BCUT2D eigenvalue weighted by Crippen LogP contribution is -2.32. The Bertz CT molecular complexity index is 840. The van der Waals surface area contributed by atoms with Crippen LogP contribution in [0.4, 0.5) is 11.4 Å². The van der Waals surface area contributed by atoms with Crippen molar-refractivity contribution in [3.05, 3.63) is 53.6 Å². The van der Waals surface area contributed by atoms with Crippen LogP contribution in [0.5, 0.6) is 5.75 Å². The molecule has 1 amide bonds. The highest BCUT2D eigenvalue weighted by Crippen LogP contribution is 2.27. The van der Waals surface area contributed by atoms with Crippen LogP contribution in [-0.2, 0) is 11.2 Å². The van der Waals surface area contributed by atoms with Crippen LogP contribution in [0.15, 0.2) is 42.5 Å². The molecule has 28 heavy (non-hydrogen) atoms. The number of hydrogen-bond acceptors (Lipinski definition) is 4. The standard InChI is InChI=1S/C22H26N2O4/c1-15-9-11-24(12-10-15)17-5-8-20(19(14-17)22(26)27)23-21(25)13-16-3-6-18(28-2)7-4-16/h3-8,14-15H,9-13H2,1-2H3,(H,23,25)(H,26,27). The number of aromatic carboxylic acids is 1. The van der Waals surface area contributed by atoms with Crippen LogP contribution in [0.1, 0.15) is 35.7 Å². The largest absolute Gasteiger partial charge is 0.497 e. The van der Waals surface area contributed by atoms with Crippen LogP contribution in [0.3, 0.4) is 0 Å². The Labute approximate surface area is 165 Å². The van der Waals surface area contributed by atoms with Gasteiger partial charge in [-0.05, 0) is 54.7 Å². The van der Waals surface area contributed by atoms with E-state index in [1.807, 2.05) is 18.2 Å². The van der Waals surface area contributed by atoms with E-state index < -0.39 is 5.97 Å². The number of methoxy groups -OCH3 is 1. The Morgan fingerprint density at radius 1 is 1.14 bits per heavy atom. The molecule has 0 spiro atoms. The van der Waals surface area contributed by atoms with E-state index in [2.05, 4.69) is 17.1 Å². The first kappa shape index (κ1) is 19.7. The Morgan fingerprint density at radius 3 is 2.43 bits per heavy atom. The predicted molar refractivity (Wildman–Crippen MR) is 109 cm³/mol. The number of carbonyl (C=O) groups excluding carboxylic acids is 1. The molecule has 1 aliphatic heterocycles. The molecule has 0 radical (unpaired) electrons. The minimum absolute atomic E-state index is 0.110. The second-order valence-corrected chi connectivity index (χ2v) is 7.28. The van der Waals surface area contributed by atoms with Gasteiger partial charge in [-0.15, -0.1) is 0 Å². The van der Waals surface area contributed by atoms with Gasteiger partial charge in [0.25, 0.3) is 0 Å². The van der Waals surface area contributed by atoms with Gasteiger partial charge < -0.3 is 20.1 Å². The lowest BCUT2D eigenvalue weighted by Gasteiger charge is -2.32. The van der Waals surface area contributed by atoms with Crippen molar-refractivity contribution < 1.29 is 19.4 Å². The molecule has 0 aromatic heterocycles. The summed E-state index contributed by atoms with van der Waals surface area (Å²) in [5, 5.41) is 12.3. The van der Waals surface area contributed by atoms with Gasteiger partial charge in [-0.2, -0.15) is 0 Å². The van der Waals surface area contributed by atoms with E-state index in [4.69, 9.17) is 4.74 Å². The van der Waals surface area contributed by atoms with Crippen molar-refractivity contribution in [1.82, 2.24) is 0 Å². The van der Waals surface area contributed by atoms with Gasteiger partial charge in [0.15, 0.2) is 0 Å². The molecule has 0 aliphatic carbocycles. The van der Waals surface area contributed by atoms with Crippen molar-refractivity contribution in [2.24, 2.45) is 5.92 Å². The van der Waals surface area contributed by atoms with E-state index in [9.17, 15) is 14.7 Å². The summed E-state index contributed by atoms with van der Waals surface area (Å²) in [6.45, 7) is 4.08. The lowest BCUT2D eigenvalue weighted by molar-refractivity contribution is -0.115. The zero-order chi connectivity index (χ0) is 20.1. The minimum Gasteiger partial charge on any atom is -0.497 e. The quantitative estimate of drug-likeness (QED) is 0.794. The van der Waals surface area contributed by atoms with Gasteiger partial charge in [-0.1, -0.05) is 19.1 Å². The molecule has 2 aromatic rings. The summed E-state index contributed by atoms with van der Waals surface area (Å²) in [6, 6.07) is 12.4. The van der Waals surface area contributed by atoms with Crippen molar-refractivity contribution in [2.75, 3.05) is 30.4 Å². The number of carbonyl (C=O) groups is 2. The predicted octanol–water partition coefficient (Wildman–Crippen LogP) is 3.81. The molecule has 2 N–H and O–H groups in total. The number of nitrogens with one attached hydrogen (secondary N) is 1. The zero-order valence-electron chi connectivity index (χ0n) is 16.3. The molecule has 6 heteroatoms. The minimum atomic E-state index is -1.05. The maximum Gasteiger partial charge on any atom is 0.337 e. The summed E-state index contributed by atoms with van der Waals surface area (Å²) in [6.07, 6.45) is 2.36. The summed E-state index contributed by atoms with van der Waals surface area (Å²) >= 11 is 0. The van der Waals surface area contributed by atoms with Crippen LogP contribution in [-0.4, -0.2) is 37.2 Å². The Balaban J connectivity index is 1.71. The molecule has 0 atom stereocenters. The summed E-state index contributed by atoms with van der Waals surface area (Å²) in [4.78, 5) is 26.3. The zero-order valence-corrected chi connectivity index (χ0v) is 16.3. The second kappa shape index (κ2) is 8.78. The molecule has 1 fully saturated rings. The summed E-state index contributed by atoms with van der Waals surface area (Å²) in [7, 11) is 1.59. The molecule has 1 aliphatic rings. The van der Waals surface area contributed by atoms with Gasteiger partial charge in [-0.3, -0.25) is 4.79 Å². The fraction of sp³-hybridized carbons (Fsp3) is 0.364. The average molecular weight is 382 g/mol. The number of ether oxygens (including phenoxy) is 1. The van der Waals surface area contributed by atoms with E-state index in [0.29, 0.717) is 11.6 Å². The van der Waals surface area contributed by atoms with Crippen LogP contribution in [0, 0.1) is 5.92 Å². The fourth-order valence-electron chi connectivity index (χ4n) is 3.40. The molecule has 0 unspecified atom stereocenters. The van der Waals surface area contributed by atoms with Crippen molar-refractivity contribution in [2.45, 2.75) is 26.2 Å². The van der Waals surface area contributed by atoms with Crippen molar-refractivity contribution in [3.8, 4) is 5.75 Å². The van der Waals surface area contributed by atoms with Crippen molar-refractivity contribution >= 4 is 23.3 Å². The number of nitrogens with zero attached hydrogens (tertiary/aromatic N) is 1. The third-order valence-electron chi connectivity index (χ3n) is 5.18. The maximum atomic E-state index is 12.4. The molecular formula is C22H26N2O4. The number of anilines is 2. The number of piperidine rings is 1. The van der Waals surface area contributed by atoms with Crippen molar-refractivity contribution in [1.29, 1.82) is 0 Å². The monoisotopic (exact) mass is 382 g/mol. The highest BCUT2D eigenvalue weighted by atomic mass is 16.5.